The summed E-state index contributed by atoms with van der Waals surface area (Å²) >= 11 is 1.34. The average Bonchev–Trinajstić information content (AvgIpc) is 3.24. The zero-order valence-corrected chi connectivity index (χ0v) is 15.7. The molecule has 5 nitrogen and oxygen atoms in total. The van der Waals surface area contributed by atoms with E-state index in [1.54, 1.807) is 6.20 Å². The lowest BCUT2D eigenvalue weighted by Gasteiger charge is -2.03. The number of aromatic nitrogens is 3. The van der Waals surface area contributed by atoms with Crippen molar-refractivity contribution in [2.24, 2.45) is 0 Å². The van der Waals surface area contributed by atoms with Crippen molar-refractivity contribution < 1.29 is 9.18 Å². The van der Waals surface area contributed by atoms with Crippen LogP contribution in [0.4, 0.5) is 10.1 Å². The maximum Gasteiger partial charge on any atom is 0.267 e. The monoisotopic (exact) mass is 380 g/mol. The highest BCUT2D eigenvalue weighted by atomic mass is 32.1. The topological polar surface area (TPSA) is 59.8 Å². The Hall–Kier alpha value is -3.06. The normalized spacial score (nSPS) is 11.1. The molecule has 0 fully saturated rings. The Morgan fingerprint density at radius 3 is 2.78 bits per heavy atom. The zero-order chi connectivity index (χ0) is 19.0. The van der Waals surface area contributed by atoms with Gasteiger partial charge in [-0.05, 0) is 50.2 Å². The molecule has 0 aliphatic rings. The number of hydrogen-bond donors (Lipinski definition) is 1. The Labute approximate surface area is 159 Å². The number of amides is 1. The number of carbonyl (C=O) groups excluding carboxylic acids is 1. The third-order valence-electron chi connectivity index (χ3n) is 4.31. The third-order valence-corrected chi connectivity index (χ3v) is 5.50. The molecule has 0 saturated carbocycles. The van der Waals surface area contributed by atoms with Crippen LogP contribution in [0.5, 0.6) is 0 Å². The van der Waals surface area contributed by atoms with Crippen molar-refractivity contribution in [3.63, 3.8) is 0 Å². The number of nitrogens with one attached hydrogen (secondary N) is 1. The number of hydrogen-bond acceptors (Lipinski definition) is 4. The fraction of sp³-hybridized carbons (Fsp3) is 0.150. The van der Waals surface area contributed by atoms with E-state index in [1.807, 2.05) is 25.3 Å². The highest BCUT2D eigenvalue weighted by molar-refractivity contribution is 7.17. The molecule has 4 rings (SSSR count). The minimum absolute atomic E-state index is 0.250. The van der Waals surface area contributed by atoms with Gasteiger partial charge in [0.2, 0.25) is 0 Å². The molecule has 0 radical (unpaired) electrons. The second-order valence-electron chi connectivity index (χ2n) is 6.10. The van der Waals surface area contributed by atoms with Crippen LogP contribution < -0.4 is 5.32 Å². The molecular formula is C20H17FN4OS. The lowest BCUT2D eigenvalue weighted by atomic mass is 10.2. The molecule has 7 heteroatoms. The Kier molecular flexibility index (Phi) is 4.45. The summed E-state index contributed by atoms with van der Waals surface area (Å²) in [6.07, 6.45) is 3.80. The van der Waals surface area contributed by atoms with E-state index in [1.165, 1.54) is 35.6 Å². The SMILES string of the molecule is CCn1cc(-c2nc(C)c(C(=O)Nc3ccc(F)cc3)s2)c2cccnc21. The average molecular weight is 380 g/mol. The summed E-state index contributed by atoms with van der Waals surface area (Å²) in [7, 11) is 0. The van der Waals surface area contributed by atoms with Crippen molar-refractivity contribution in [1.29, 1.82) is 0 Å². The van der Waals surface area contributed by atoms with Crippen LogP contribution in [-0.4, -0.2) is 20.4 Å². The molecule has 27 heavy (non-hydrogen) atoms. The van der Waals surface area contributed by atoms with Gasteiger partial charge < -0.3 is 9.88 Å². The van der Waals surface area contributed by atoms with E-state index in [9.17, 15) is 9.18 Å². The van der Waals surface area contributed by atoms with Gasteiger partial charge in [0.15, 0.2) is 0 Å². The number of fused-ring (bicyclic) bond motifs is 1. The molecule has 0 bridgehead atoms. The van der Waals surface area contributed by atoms with E-state index in [-0.39, 0.29) is 11.7 Å². The van der Waals surface area contributed by atoms with Crippen molar-refractivity contribution in [3.05, 3.63) is 65.2 Å². The summed E-state index contributed by atoms with van der Waals surface area (Å²) in [6.45, 7) is 4.68. The van der Waals surface area contributed by atoms with Crippen LogP contribution in [0.15, 0.2) is 48.8 Å². The van der Waals surface area contributed by atoms with E-state index in [0.717, 1.165) is 28.1 Å². The van der Waals surface area contributed by atoms with Crippen molar-refractivity contribution in [2.75, 3.05) is 5.32 Å². The van der Waals surface area contributed by atoms with Crippen LogP contribution in [0.3, 0.4) is 0 Å². The summed E-state index contributed by atoms with van der Waals surface area (Å²) in [6, 6.07) is 9.60. The largest absolute Gasteiger partial charge is 0.332 e. The summed E-state index contributed by atoms with van der Waals surface area (Å²) in [4.78, 5) is 22.2. The second-order valence-corrected chi connectivity index (χ2v) is 7.10. The lowest BCUT2D eigenvalue weighted by Crippen LogP contribution is -2.11. The highest BCUT2D eigenvalue weighted by Crippen LogP contribution is 2.34. The van der Waals surface area contributed by atoms with Gasteiger partial charge in [0.1, 0.15) is 21.3 Å². The molecule has 3 heterocycles. The molecule has 0 aliphatic heterocycles. The number of thiazole rings is 1. The van der Waals surface area contributed by atoms with Crippen LogP contribution in [0, 0.1) is 12.7 Å². The van der Waals surface area contributed by atoms with E-state index in [4.69, 9.17) is 0 Å². The number of halogens is 1. The van der Waals surface area contributed by atoms with Crippen molar-refractivity contribution in [3.8, 4) is 10.6 Å². The Morgan fingerprint density at radius 1 is 1.26 bits per heavy atom. The number of benzene rings is 1. The molecule has 1 N–H and O–H groups in total. The lowest BCUT2D eigenvalue weighted by molar-refractivity contribution is 0.103. The van der Waals surface area contributed by atoms with Crippen LogP contribution in [0.2, 0.25) is 0 Å². The molecule has 0 spiro atoms. The second kappa shape index (κ2) is 6.92. The fourth-order valence-electron chi connectivity index (χ4n) is 2.98. The zero-order valence-electron chi connectivity index (χ0n) is 14.9. The van der Waals surface area contributed by atoms with Gasteiger partial charge in [-0.3, -0.25) is 4.79 Å². The molecule has 4 aromatic rings. The Bertz CT molecular complexity index is 1130. The predicted octanol–water partition coefficient (Wildman–Crippen LogP) is 4.88. The van der Waals surface area contributed by atoms with E-state index < -0.39 is 0 Å². The van der Waals surface area contributed by atoms with Gasteiger partial charge in [-0.2, -0.15) is 0 Å². The van der Waals surface area contributed by atoms with Crippen LogP contribution in [0.25, 0.3) is 21.6 Å². The molecule has 136 valence electrons. The fourth-order valence-corrected chi connectivity index (χ4v) is 3.96. The van der Waals surface area contributed by atoms with Gasteiger partial charge in [-0.25, -0.2) is 14.4 Å². The molecule has 1 aromatic carbocycles. The third kappa shape index (κ3) is 3.21. The Morgan fingerprint density at radius 2 is 2.04 bits per heavy atom. The number of rotatable bonds is 4. The Balaban J connectivity index is 1.69. The first-order chi connectivity index (χ1) is 13.1. The van der Waals surface area contributed by atoms with Crippen LogP contribution in [-0.2, 0) is 6.54 Å². The van der Waals surface area contributed by atoms with Crippen molar-refractivity contribution in [1.82, 2.24) is 14.5 Å². The maximum absolute atomic E-state index is 13.0. The number of pyridine rings is 1. The van der Waals surface area contributed by atoms with Gasteiger partial charge in [-0.1, -0.05) is 0 Å². The quantitative estimate of drug-likeness (QED) is 0.549. The standard InChI is InChI=1S/C20H17FN4OS/c1-3-25-11-16(15-5-4-10-22-18(15)25)20-23-12(2)17(27-20)19(26)24-14-8-6-13(21)7-9-14/h4-11H,3H2,1-2H3,(H,24,26). The van der Waals surface area contributed by atoms with Crippen LogP contribution >= 0.6 is 11.3 Å². The summed E-state index contributed by atoms with van der Waals surface area (Å²) in [5.41, 5.74) is 3.08. The van der Waals surface area contributed by atoms with Crippen molar-refractivity contribution >= 4 is 34.0 Å². The minimum atomic E-state index is -0.342. The van der Waals surface area contributed by atoms with Gasteiger partial charge in [0.05, 0.1) is 5.69 Å². The van der Waals surface area contributed by atoms with Gasteiger partial charge in [0.25, 0.3) is 5.91 Å². The predicted molar refractivity (Wildman–Crippen MR) is 106 cm³/mol. The van der Waals surface area contributed by atoms with E-state index in [0.29, 0.717) is 16.3 Å². The van der Waals surface area contributed by atoms with Crippen molar-refractivity contribution in [2.45, 2.75) is 20.4 Å². The summed E-state index contributed by atoms with van der Waals surface area (Å²) in [5, 5.41) is 4.58. The molecule has 3 aromatic heterocycles. The number of carbonyl (C=O) groups is 1. The molecule has 0 unspecified atom stereocenters. The molecule has 0 saturated heterocycles. The maximum atomic E-state index is 13.0. The summed E-state index contributed by atoms with van der Waals surface area (Å²) < 4.78 is 15.1. The first-order valence-electron chi connectivity index (χ1n) is 8.55. The molecular weight excluding hydrogens is 363 g/mol. The molecule has 0 atom stereocenters. The summed E-state index contributed by atoms with van der Waals surface area (Å²) in [5.74, 6) is -0.592. The molecule has 0 aliphatic carbocycles. The van der Waals surface area contributed by atoms with Crippen LogP contribution in [0.1, 0.15) is 22.3 Å². The smallest absolute Gasteiger partial charge is 0.267 e. The molecule has 1 amide bonds. The van der Waals surface area contributed by atoms with E-state index in [2.05, 4.69) is 26.8 Å². The first kappa shape index (κ1) is 17.4. The van der Waals surface area contributed by atoms with Gasteiger partial charge in [-0.15, -0.1) is 11.3 Å². The van der Waals surface area contributed by atoms with E-state index >= 15 is 0 Å². The minimum Gasteiger partial charge on any atom is -0.332 e. The first-order valence-corrected chi connectivity index (χ1v) is 9.37. The van der Waals surface area contributed by atoms with Gasteiger partial charge >= 0.3 is 0 Å². The number of anilines is 1. The van der Waals surface area contributed by atoms with Gasteiger partial charge in [0, 0.05) is 35.6 Å². The number of aryl methyl sites for hydroxylation is 2. The number of nitrogens with zero attached hydrogens (tertiary/aromatic N) is 3. The highest BCUT2D eigenvalue weighted by Gasteiger charge is 2.19.